The maximum Gasteiger partial charge on any atom is 0.272 e. The summed E-state index contributed by atoms with van der Waals surface area (Å²) in [6.45, 7) is 5.27. The molecule has 0 amide bonds. The fraction of sp³-hybridized carbons (Fsp3) is 0.269. The maximum absolute atomic E-state index is 12.5. The van der Waals surface area contributed by atoms with Crippen molar-refractivity contribution >= 4 is 16.5 Å². The van der Waals surface area contributed by atoms with Crippen LogP contribution in [0.4, 0.5) is 5.69 Å². The van der Waals surface area contributed by atoms with E-state index in [0.29, 0.717) is 11.4 Å². The monoisotopic (exact) mass is 425 g/mol. The predicted molar refractivity (Wildman–Crippen MR) is 128 cm³/mol. The van der Waals surface area contributed by atoms with E-state index in [-0.39, 0.29) is 17.5 Å². The van der Waals surface area contributed by atoms with Crippen molar-refractivity contribution in [2.75, 3.05) is 12.4 Å². The molecule has 162 valence electrons. The van der Waals surface area contributed by atoms with Gasteiger partial charge in [-0.2, -0.15) is 5.10 Å². The molecule has 2 N–H and O–H groups in total. The number of anilines is 1. The minimum atomic E-state index is -0.168. The topological polar surface area (TPSA) is 73.9 Å². The van der Waals surface area contributed by atoms with E-state index in [1.165, 1.54) is 5.56 Å². The molecule has 2 atom stereocenters. The summed E-state index contributed by atoms with van der Waals surface area (Å²) in [7, 11) is 2.14. The summed E-state index contributed by atoms with van der Waals surface area (Å²) in [5.41, 5.74) is 5.14. The van der Waals surface area contributed by atoms with Crippen molar-refractivity contribution in [2.45, 2.75) is 38.4 Å². The Bertz CT molecular complexity index is 1310. The average molecular weight is 426 g/mol. The summed E-state index contributed by atoms with van der Waals surface area (Å²) in [6, 6.07) is 18.9. The van der Waals surface area contributed by atoms with E-state index in [1.54, 1.807) is 6.20 Å². The van der Waals surface area contributed by atoms with Crippen molar-refractivity contribution < 1.29 is 0 Å². The van der Waals surface area contributed by atoms with E-state index in [9.17, 15) is 4.79 Å². The Morgan fingerprint density at radius 1 is 1.06 bits per heavy atom. The number of pyridine rings is 1. The summed E-state index contributed by atoms with van der Waals surface area (Å²) in [5, 5.41) is 12.6. The van der Waals surface area contributed by atoms with Crippen LogP contribution in [0.1, 0.15) is 48.2 Å². The van der Waals surface area contributed by atoms with Gasteiger partial charge in [-0.1, -0.05) is 36.4 Å². The SMILES string of the molecule is CC(C)N(C)Cc1cccc(C2c3n[nH]c(=O)c4cccc(c34)NC2c2cccnc2)c1. The molecule has 0 spiro atoms. The fourth-order valence-electron chi connectivity index (χ4n) is 4.54. The van der Waals surface area contributed by atoms with Gasteiger partial charge in [-0.05, 0) is 55.8 Å². The van der Waals surface area contributed by atoms with Gasteiger partial charge in [0.25, 0.3) is 5.56 Å². The van der Waals surface area contributed by atoms with Gasteiger partial charge in [-0.25, -0.2) is 5.10 Å². The highest BCUT2D eigenvalue weighted by molar-refractivity contribution is 5.97. The molecule has 0 fully saturated rings. The lowest BCUT2D eigenvalue weighted by Crippen LogP contribution is -2.28. The van der Waals surface area contributed by atoms with Crippen molar-refractivity contribution in [2.24, 2.45) is 0 Å². The first kappa shape index (κ1) is 20.4. The number of nitrogens with zero attached hydrogens (tertiary/aromatic N) is 3. The van der Waals surface area contributed by atoms with Gasteiger partial charge in [-0.15, -0.1) is 0 Å². The van der Waals surface area contributed by atoms with Gasteiger partial charge in [0.15, 0.2) is 0 Å². The van der Waals surface area contributed by atoms with Crippen molar-refractivity contribution in [3.05, 3.63) is 99.7 Å². The molecule has 3 heterocycles. The molecule has 5 rings (SSSR count). The van der Waals surface area contributed by atoms with Gasteiger partial charge in [0, 0.05) is 36.1 Å². The number of benzene rings is 2. The Kier molecular flexibility index (Phi) is 5.23. The van der Waals surface area contributed by atoms with Gasteiger partial charge in [0.2, 0.25) is 0 Å². The molecular weight excluding hydrogens is 398 g/mol. The zero-order valence-corrected chi connectivity index (χ0v) is 18.5. The normalized spacial score (nSPS) is 17.7. The summed E-state index contributed by atoms with van der Waals surface area (Å²) < 4.78 is 0. The van der Waals surface area contributed by atoms with E-state index in [4.69, 9.17) is 0 Å². The average Bonchev–Trinajstić information content (AvgIpc) is 2.81. The van der Waals surface area contributed by atoms with Crippen LogP contribution in [0.25, 0.3) is 10.8 Å². The molecule has 0 aliphatic carbocycles. The van der Waals surface area contributed by atoms with E-state index in [2.05, 4.69) is 76.6 Å². The molecule has 0 saturated heterocycles. The molecule has 6 nitrogen and oxygen atoms in total. The smallest absolute Gasteiger partial charge is 0.272 e. The van der Waals surface area contributed by atoms with Gasteiger partial charge in [0.1, 0.15) is 0 Å². The van der Waals surface area contributed by atoms with Crippen LogP contribution in [0.2, 0.25) is 0 Å². The lowest BCUT2D eigenvalue weighted by atomic mass is 9.80. The number of hydrogen-bond donors (Lipinski definition) is 2. The zero-order valence-electron chi connectivity index (χ0n) is 18.5. The third-order valence-electron chi connectivity index (χ3n) is 6.45. The van der Waals surface area contributed by atoms with Crippen LogP contribution in [0.15, 0.2) is 71.8 Å². The lowest BCUT2D eigenvalue weighted by Gasteiger charge is -2.34. The minimum Gasteiger partial charge on any atom is -0.377 e. The van der Waals surface area contributed by atoms with Crippen LogP contribution < -0.4 is 10.9 Å². The molecule has 32 heavy (non-hydrogen) atoms. The Labute approximate surface area is 187 Å². The molecule has 0 saturated carbocycles. The summed E-state index contributed by atoms with van der Waals surface area (Å²) >= 11 is 0. The Morgan fingerprint density at radius 3 is 2.66 bits per heavy atom. The van der Waals surface area contributed by atoms with E-state index in [0.717, 1.165) is 34.4 Å². The number of aromatic nitrogens is 3. The van der Waals surface area contributed by atoms with E-state index < -0.39 is 0 Å². The van der Waals surface area contributed by atoms with Crippen LogP contribution >= 0.6 is 0 Å². The van der Waals surface area contributed by atoms with Crippen molar-refractivity contribution in [1.29, 1.82) is 0 Å². The van der Waals surface area contributed by atoms with Gasteiger partial charge >= 0.3 is 0 Å². The number of aromatic amines is 1. The lowest BCUT2D eigenvalue weighted by molar-refractivity contribution is 0.265. The number of rotatable bonds is 5. The third kappa shape index (κ3) is 3.56. The molecule has 0 bridgehead atoms. The van der Waals surface area contributed by atoms with Gasteiger partial charge in [-0.3, -0.25) is 14.7 Å². The second kappa shape index (κ2) is 8.20. The van der Waals surface area contributed by atoms with Gasteiger partial charge in [0.05, 0.1) is 23.0 Å². The molecule has 6 heteroatoms. The summed E-state index contributed by atoms with van der Waals surface area (Å²) in [4.78, 5) is 19.2. The fourth-order valence-corrected chi connectivity index (χ4v) is 4.54. The molecular formula is C26H27N5O. The van der Waals surface area contributed by atoms with Crippen LogP contribution in [0.3, 0.4) is 0 Å². The molecule has 2 aromatic heterocycles. The highest BCUT2D eigenvalue weighted by Gasteiger charge is 2.35. The van der Waals surface area contributed by atoms with Crippen molar-refractivity contribution in [3.63, 3.8) is 0 Å². The van der Waals surface area contributed by atoms with Crippen molar-refractivity contribution in [3.8, 4) is 0 Å². The molecule has 2 unspecified atom stereocenters. The third-order valence-corrected chi connectivity index (χ3v) is 6.45. The zero-order chi connectivity index (χ0) is 22.2. The first-order valence-corrected chi connectivity index (χ1v) is 11.0. The second-order valence-electron chi connectivity index (χ2n) is 8.81. The largest absolute Gasteiger partial charge is 0.377 e. The molecule has 4 aromatic rings. The minimum absolute atomic E-state index is 0.0571. The van der Waals surface area contributed by atoms with Crippen LogP contribution in [0, 0.1) is 0 Å². The maximum atomic E-state index is 12.5. The van der Waals surface area contributed by atoms with Crippen LogP contribution in [-0.2, 0) is 6.54 Å². The number of hydrogen-bond acceptors (Lipinski definition) is 5. The Morgan fingerprint density at radius 2 is 1.88 bits per heavy atom. The van der Waals surface area contributed by atoms with Crippen LogP contribution in [-0.4, -0.2) is 33.2 Å². The molecule has 2 aromatic carbocycles. The standard InChI is InChI=1S/C26H27N5O/c1-16(2)31(3)15-17-7-4-8-18(13-17)22-24(19-9-6-12-27-14-19)28-21-11-5-10-20-23(21)25(22)29-30-26(20)32/h4-14,16,22,24,28H,15H2,1-3H3,(H,30,32). The summed E-state index contributed by atoms with van der Waals surface area (Å²) in [6.07, 6.45) is 3.69. The quantitative estimate of drug-likeness (QED) is 0.494. The number of nitrogens with one attached hydrogen (secondary N) is 2. The van der Waals surface area contributed by atoms with E-state index in [1.807, 2.05) is 30.5 Å². The highest BCUT2D eigenvalue weighted by atomic mass is 16.1. The molecule has 1 aliphatic rings. The Hall–Kier alpha value is -3.51. The van der Waals surface area contributed by atoms with Crippen LogP contribution in [0.5, 0.6) is 0 Å². The highest BCUT2D eigenvalue weighted by Crippen LogP contribution is 2.46. The first-order chi connectivity index (χ1) is 15.5. The molecule has 1 aliphatic heterocycles. The first-order valence-electron chi connectivity index (χ1n) is 11.0. The number of H-pyrrole nitrogens is 1. The van der Waals surface area contributed by atoms with Crippen molar-refractivity contribution in [1.82, 2.24) is 20.1 Å². The predicted octanol–water partition coefficient (Wildman–Crippen LogP) is 4.46. The summed E-state index contributed by atoms with van der Waals surface area (Å²) in [5.74, 6) is -0.0715. The second-order valence-corrected chi connectivity index (χ2v) is 8.81. The molecule has 0 radical (unpaired) electrons. The Balaban J connectivity index is 1.69. The van der Waals surface area contributed by atoms with E-state index >= 15 is 0 Å². The van der Waals surface area contributed by atoms with Gasteiger partial charge < -0.3 is 5.32 Å².